The SMILES string of the molecule is CC1COCCN1C(=O)NCc1ccc(Cl)s1. The molecule has 1 unspecified atom stereocenters. The second-order valence-electron chi connectivity index (χ2n) is 3.98. The zero-order valence-electron chi connectivity index (χ0n) is 9.61. The van der Waals surface area contributed by atoms with Crippen LogP contribution in [0.5, 0.6) is 0 Å². The number of carbonyl (C=O) groups excluding carboxylic acids is 1. The van der Waals surface area contributed by atoms with Gasteiger partial charge in [-0.25, -0.2) is 4.79 Å². The Labute approximate surface area is 110 Å². The van der Waals surface area contributed by atoms with Crippen LogP contribution in [0.1, 0.15) is 11.8 Å². The Morgan fingerprint density at radius 2 is 2.53 bits per heavy atom. The number of thiophene rings is 1. The van der Waals surface area contributed by atoms with E-state index in [0.29, 0.717) is 26.3 Å². The number of halogens is 1. The minimum atomic E-state index is -0.0367. The van der Waals surface area contributed by atoms with Crippen molar-refractivity contribution in [2.45, 2.75) is 19.5 Å². The Morgan fingerprint density at radius 3 is 3.18 bits per heavy atom. The monoisotopic (exact) mass is 274 g/mol. The molecule has 1 aromatic rings. The zero-order valence-corrected chi connectivity index (χ0v) is 11.2. The van der Waals surface area contributed by atoms with E-state index in [-0.39, 0.29) is 12.1 Å². The van der Waals surface area contributed by atoms with Gasteiger partial charge in [0.25, 0.3) is 0 Å². The molecule has 1 saturated heterocycles. The molecule has 1 N–H and O–H groups in total. The Bertz CT molecular complexity index is 397. The first-order valence-corrected chi connectivity index (χ1v) is 6.72. The van der Waals surface area contributed by atoms with Gasteiger partial charge < -0.3 is 15.0 Å². The Kier molecular flexibility index (Phi) is 4.25. The first-order chi connectivity index (χ1) is 8.16. The van der Waals surface area contributed by atoms with Crippen molar-refractivity contribution >= 4 is 29.0 Å². The third kappa shape index (κ3) is 3.34. The summed E-state index contributed by atoms with van der Waals surface area (Å²) in [6, 6.07) is 3.86. The summed E-state index contributed by atoms with van der Waals surface area (Å²) in [6.45, 7) is 4.39. The number of hydrogen-bond acceptors (Lipinski definition) is 3. The number of ether oxygens (including phenoxy) is 1. The van der Waals surface area contributed by atoms with Gasteiger partial charge in [-0.3, -0.25) is 0 Å². The summed E-state index contributed by atoms with van der Waals surface area (Å²) in [5.74, 6) is 0. The molecule has 0 bridgehead atoms. The molecule has 1 aliphatic heterocycles. The van der Waals surface area contributed by atoms with Gasteiger partial charge in [-0.1, -0.05) is 11.6 Å². The molecule has 1 aliphatic rings. The van der Waals surface area contributed by atoms with Crippen LogP contribution in [0, 0.1) is 0 Å². The quantitative estimate of drug-likeness (QED) is 0.899. The molecule has 0 aromatic carbocycles. The smallest absolute Gasteiger partial charge is 0.318 e. The molecule has 2 amide bonds. The summed E-state index contributed by atoms with van der Waals surface area (Å²) in [6.07, 6.45) is 0. The average molecular weight is 275 g/mol. The minimum absolute atomic E-state index is 0.0367. The second-order valence-corrected chi connectivity index (χ2v) is 5.78. The van der Waals surface area contributed by atoms with Gasteiger partial charge in [0.1, 0.15) is 0 Å². The van der Waals surface area contributed by atoms with E-state index in [1.165, 1.54) is 11.3 Å². The molecular weight excluding hydrogens is 260 g/mol. The van der Waals surface area contributed by atoms with Crippen LogP contribution in [0.15, 0.2) is 12.1 Å². The van der Waals surface area contributed by atoms with E-state index < -0.39 is 0 Å². The highest BCUT2D eigenvalue weighted by molar-refractivity contribution is 7.16. The molecule has 1 atom stereocenters. The number of nitrogens with zero attached hydrogens (tertiary/aromatic N) is 1. The van der Waals surface area contributed by atoms with Gasteiger partial charge in [-0.15, -0.1) is 11.3 Å². The molecule has 0 spiro atoms. The van der Waals surface area contributed by atoms with Crippen LogP contribution < -0.4 is 5.32 Å². The van der Waals surface area contributed by atoms with Crippen LogP contribution in [0.2, 0.25) is 4.34 Å². The standard InChI is InChI=1S/C11H15ClN2O2S/c1-8-7-16-5-4-14(8)11(15)13-6-9-2-3-10(12)17-9/h2-3,8H,4-7H2,1H3,(H,13,15). The van der Waals surface area contributed by atoms with Gasteiger partial charge in [0, 0.05) is 11.4 Å². The molecule has 4 nitrogen and oxygen atoms in total. The maximum atomic E-state index is 11.9. The number of urea groups is 1. The molecule has 0 radical (unpaired) electrons. The predicted molar refractivity (Wildman–Crippen MR) is 68.6 cm³/mol. The van der Waals surface area contributed by atoms with Crippen molar-refractivity contribution in [3.8, 4) is 0 Å². The van der Waals surface area contributed by atoms with Crippen LogP contribution in [-0.4, -0.2) is 36.7 Å². The fourth-order valence-electron chi connectivity index (χ4n) is 1.74. The van der Waals surface area contributed by atoms with Crippen LogP contribution in [0.4, 0.5) is 4.79 Å². The summed E-state index contributed by atoms with van der Waals surface area (Å²) in [4.78, 5) is 14.8. The third-order valence-corrected chi connectivity index (χ3v) is 3.90. The fourth-order valence-corrected chi connectivity index (χ4v) is 2.77. The van der Waals surface area contributed by atoms with Gasteiger partial charge >= 0.3 is 6.03 Å². The maximum absolute atomic E-state index is 11.9. The van der Waals surface area contributed by atoms with E-state index in [1.807, 2.05) is 19.1 Å². The Hall–Kier alpha value is -0.780. The normalized spacial score (nSPS) is 20.4. The minimum Gasteiger partial charge on any atom is -0.377 e. The van der Waals surface area contributed by atoms with Crippen LogP contribution in [0.25, 0.3) is 0 Å². The number of morpholine rings is 1. The van der Waals surface area contributed by atoms with E-state index in [4.69, 9.17) is 16.3 Å². The third-order valence-electron chi connectivity index (χ3n) is 2.67. The van der Waals surface area contributed by atoms with E-state index in [9.17, 15) is 4.79 Å². The lowest BCUT2D eigenvalue weighted by Crippen LogP contribution is -2.51. The van der Waals surface area contributed by atoms with Crippen molar-refractivity contribution in [2.24, 2.45) is 0 Å². The van der Waals surface area contributed by atoms with Crippen molar-refractivity contribution in [1.29, 1.82) is 0 Å². The number of hydrogen-bond donors (Lipinski definition) is 1. The second kappa shape index (κ2) is 5.71. The highest BCUT2D eigenvalue weighted by Crippen LogP contribution is 2.21. The van der Waals surface area contributed by atoms with Crippen LogP contribution >= 0.6 is 22.9 Å². The van der Waals surface area contributed by atoms with Crippen molar-refractivity contribution in [1.82, 2.24) is 10.2 Å². The van der Waals surface area contributed by atoms with Crippen LogP contribution in [-0.2, 0) is 11.3 Å². The molecule has 1 fully saturated rings. The highest BCUT2D eigenvalue weighted by atomic mass is 35.5. The molecule has 17 heavy (non-hydrogen) atoms. The molecule has 94 valence electrons. The van der Waals surface area contributed by atoms with Gasteiger partial charge in [-0.2, -0.15) is 0 Å². The number of nitrogens with one attached hydrogen (secondary N) is 1. The summed E-state index contributed by atoms with van der Waals surface area (Å²) in [5, 5.41) is 2.90. The maximum Gasteiger partial charge on any atom is 0.318 e. The summed E-state index contributed by atoms with van der Waals surface area (Å²) < 4.78 is 6.04. The summed E-state index contributed by atoms with van der Waals surface area (Å²) >= 11 is 7.31. The Balaban J connectivity index is 1.84. The lowest BCUT2D eigenvalue weighted by atomic mass is 10.3. The topological polar surface area (TPSA) is 41.6 Å². The molecule has 2 rings (SSSR count). The fraction of sp³-hybridized carbons (Fsp3) is 0.545. The number of carbonyl (C=O) groups is 1. The Morgan fingerprint density at radius 1 is 1.71 bits per heavy atom. The van der Waals surface area contributed by atoms with Gasteiger partial charge in [0.2, 0.25) is 0 Å². The molecule has 0 saturated carbocycles. The first kappa shape index (κ1) is 12.7. The lowest BCUT2D eigenvalue weighted by molar-refractivity contribution is 0.0190. The molecular formula is C11H15ClN2O2S. The van der Waals surface area contributed by atoms with Gasteiger partial charge in [-0.05, 0) is 19.1 Å². The number of rotatable bonds is 2. The van der Waals surface area contributed by atoms with Gasteiger partial charge in [0.15, 0.2) is 0 Å². The van der Waals surface area contributed by atoms with E-state index >= 15 is 0 Å². The molecule has 1 aromatic heterocycles. The predicted octanol–water partition coefficient (Wildman–Crippen LogP) is 2.33. The average Bonchev–Trinajstić information content (AvgIpc) is 2.73. The van der Waals surface area contributed by atoms with E-state index in [2.05, 4.69) is 5.32 Å². The summed E-state index contributed by atoms with van der Waals surface area (Å²) in [7, 11) is 0. The molecule has 6 heteroatoms. The lowest BCUT2D eigenvalue weighted by Gasteiger charge is -2.33. The highest BCUT2D eigenvalue weighted by Gasteiger charge is 2.23. The largest absolute Gasteiger partial charge is 0.377 e. The zero-order chi connectivity index (χ0) is 12.3. The van der Waals surface area contributed by atoms with Crippen molar-refractivity contribution in [3.05, 3.63) is 21.3 Å². The van der Waals surface area contributed by atoms with Crippen LogP contribution in [0.3, 0.4) is 0 Å². The molecule has 0 aliphatic carbocycles. The van der Waals surface area contributed by atoms with Crippen molar-refractivity contribution in [3.63, 3.8) is 0 Å². The van der Waals surface area contributed by atoms with Crippen molar-refractivity contribution in [2.75, 3.05) is 19.8 Å². The number of amides is 2. The van der Waals surface area contributed by atoms with E-state index in [1.54, 1.807) is 4.90 Å². The van der Waals surface area contributed by atoms with E-state index in [0.717, 1.165) is 9.21 Å². The molecule has 2 heterocycles. The first-order valence-electron chi connectivity index (χ1n) is 5.53. The summed E-state index contributed by atoms with van der Waals surface area (Å²) in [5.41, 5.74) is 0. The van der Waals surface area contributed by atoms with Crippen molar-refractivity contribution < 1.29 is 9.53 Å². The van der Waals surface area contributed by atoms with Gasteiger partial charge in [0.05, 0.1) is 30.1 Å².